The van der Waals surface area contributed by atoms with Gasteiger partial charge >= 0.3 is 0 Å². The quantitative estimate of drug-likeness (QED) is 0.516. The molecule has 3 aromatic rings. The van der Waals surface area contributed by atoms with Crippen LogP contribution in [0, 0.1) is 13.8 Å². The lowest BCUT2D eigenvalue weighted by Gasteiger charge is -2.32. The zero-order chi connectivity index (χ0) is 23.2. The summed E-state index contributed by atoms with van der Waals surface area (Å²) in [6.45, 7) is 8.20. The average Bonchev–Trinajstić information content (AvgIpc) is 3.10. The number of rotatable bonds is 4. The summed E-state index contributed by atoms with van der Waals surface area (Å²) in [4.78, 5) is 25.6. The van der Waals surface area contributed by atoms with Crippen molar-refractivity contribution in [3.63, 3.8) is 0 Å². The summed E-state index contributed by atoms with van der Waals surface area (Å²) in [6, 6.07) is 6.43. The Hall–Kier alpha value is -2.51. The fourth-order valence-corrected chi connectivity index (χ4v) is 5.12. The minimum absolute atomic E-state index is 0.0588. The normalized spacial score (nSPS) is 15.7. The number of hydrogen-bond donors (Lipinski definition) is 0. The van der Waals surface area contributed by atoms with Crippen molar-refractivity contribution >= 4 is 38.4 Å². The number of halogens is 1. The molecule has 4 rings (SSSR count). The lowest BCUT2D eigenvalue weighted by atomic mass is 9.93. The fourth-order valence-electron chi connectivity index (χ4n) is 4.71. The largest absolute Gasteiger partial charge is 0.343 e. The molecule has 0 spiro atoms. The SMILES string of the molecule is Cc1cc(C(=O)N(C)C)nc(C)c1C1=CCN(C(C)c2cc3c(Br)ccnc3n2C)CC1. The van der Waals surface area contributed by atoms with Gasteiger partial charge in [0, 0.05) is 73.3 Å². The topological polar surface area (TPSA) is 54.3 Å². The van der Waals surface area contributed by atoms with Gasteiger partial charge in [-0.15, -0.1) is 0 Å². The average molecular weight is 496 g/mol. The van der Waals surface area contributed by atoms with Crippen molar-refractivity contribution in [1.82, 2.24) is 24.3 Å². The molecule has 4 heterocycles. The standard InChI is InChI=1S/C25H30BrN5O/c1-15-13-21(25(32)29(4)5)28-16(2)23(15)18-8-11-31(12-9-18)17(3)22-14-19-20(26)7-10-27-24(19)30(22)6/h7-8,10,13-14,17H,9,11-12H2,1-6H3. The second kappa shape index (κ2) is 8.79. The van der Waals surface area contributed by atoms with Crippen LogP contribution in [0.15, 0.2) is 34.9 Å². The maximum Gasteiger partial charge on any atom is 0.271 e. The number of carbonyl (C=O) groups excluding carboxylic acids is 1. The van der Waals surface area contributed by atoms with Gasteiger partial charge in [0.1, 0.15) is 11.3 Å². The van der Waals surface area contributed by atoms with E-state index in [0.29, 0.717) is 5.69 Å². The van der Waals surface area contributed by atoms with E-state index < -0.39 is 0 Å². The highest BCUT2D eigenvalue weighted by Crippen LogP contribution is 2.33. The minimum atomic E-state index is -0.0588. The van der Waals surface area contributed by atoms with Gasteiger partial charge in [0.15, 0.2) is 0 Å². The molecule has 0 radical (unpaired) electrons. The van der Waals surface area contributed by atoms with Crippen molar-refractivity contribution in [2.24, 2.45) is 7.05 Å². The molecule has 0 bridgehead atoms. The Morgan fingerprint density at radius 2 is 2.00 bits per heavy atom. The molecule has 0 saturated heterocycles. The van der Waals surface area contributed by atoms with Crippen LogP contribution in [-0.4, -0.2) is 57.4 Å². The van der Waals surface area contributed by atoms with Crippen LogP contribution in [0.1, 0.15) is 52.4 Å². The summed E-state index contributed by atoms with van der Waals surface area (Å²) in [6.07, 6.45) is 5.12. The predicted octanol–water partition coefficient (Wildman–Crippen LogP) is 4.90. The Balaban J connectivity index is 1.58. The van der Waals surface area contributed by atoms with Gasteiger partial charge in [-0.2, -0.15) is 0 Å². The van der Waals surface area contributed by atoms with Crippen molar-refractivity contribution in [2.45, 2.75) is 33.2 Å². The van der Waals surface area contributed by atoms with Gasteiger partial charge in [-0.25, -0.2) is 9.97 Å². The van der Waals surface area contributed by atoms with Crippen LogP contribution in [0.3, 0.4) is 0 Å². The first-order chi connectivity index (χ1) is 15.2. The maximum absolute atomic E-state index is 12.3. The van der Waals surface area contributed by atoms with Crippen LogP contribution >= 0.6 is 15.9 Å². The maximum atomic E-state index is 12.3. The highest BCUT2D eigenvalue weighted by atomic mass is 79.9. The first-order valence-corrected chi connectivity index (χ1v) is 11.7. The summed E-state index contributed by atoms with van der Waals surface area (Å²) in [5.74, 6) is -0.0588. The van der Waals surface area contributed by atoms with Crippen molar-refractivity contribution < 1.29 is 4.79 Å². The second-order valence-electron chi connectivity index (χ2n) is 8.79. The van der Waals surface area contributed by atoms with E-state index in [2.05, 4.69) is 68.4 Å². The summed E-state index contributed by atoms with van der Waals surface area (Å²) in [5, 5.41) is 1.15. The molecule has 0 aromatic carbocycles. The molecule has 0 saturated carbocycles. The Morgan fingerprint density at radius 1 is 1.25 bits per heavy atom. The van der Waals surface area contributed by atoms with E-state index in [1.54, 1.807) is 19.0 Å². The minimum Gasteiger partial charge on any atom is -0.343 e. The molecule has 3 aromatic heterocycles. The number of aromatic nitrogens is 3. The van der Waals surface area contributed by atoms with Gasteiger partial charge in [0.2, 0.25) is 0 Å². The number of carbonyl (C=O) groups is 1. The number of aryl methyl sites for hydroxylation is 3. The van der Waals surface area contributed by atoms with Crippen LogP contribution in [0.4, 0.5) is 0 Å². The molecule has 32 heavy (non-hydrogen) atoms. The van der Waals surface area contributed by atoms with Gasteiger partial charge in [-0.05, 0) is 72.5 Å². The van der Waals surface area contributed by atoms with Crippen LogP contribution in [0.25, 0.3) is 16.6 Å². The molecule has 0 aliphatic carbocycles. The molecule has 1 amide bonds. The Kier molecular flexibility index (Phi) is 6.23. The van der Waals surface area contributed by atoms with Crippen molar-refractivity contribution in [2.75, 3.05) is 27.2 Å². The van der Waals surface area contributed by atoms with Gasteiger partial charge < -0.3 is 9.47 Å². The Labute approximate surface area is 198 Å². The number of amides is 1. The zero-order valence-electron chi connectivity index (χ0n) is 19.6. The van der Waals surface area contributed by atoms with Gasteiger partial charge in [-0.3, -0.25) is 9.69 Å². The van der Waals surface area contributed by atoms with Gasteiger partial charge in [-0.1, -0.05) is 6.08 Å². The highest BCUT2D eigenvalue weighted by molar-refractivity contribution is 9.10. The lowest BCUT2D eigenvalue weighted by molar-refractivity contribution is 0.0821. The molecule has 1 aliphatic heterocycles. The van der Waals surface area contributed by atoms with E-state index >= 15 is 0 Å². The van der Waals surface area contributed by atoms with E-state index in [1.807, 2.05) is 25.3 Å². The molecule has 168 valence electrons. The summed E-state index contributed by atoms with van der Waals surface area (Å²) in [5.41, 5.74) is 7.31. The second-order valence-corrected chi connectivity index (χ2v) is 9.65. The Morgan fingerprint density at radius 3 is 2.59 bits per heavy atom. The van der Waals surface area contributed by atoms with E-state index in [9.17, 15) is 4.79 Å². The van der Waals surface area contributed by atoms with Gasteiger partial charge in [0.05, 0.1) is 0 Å². The smallest absolute Gasteiger partial charge is 0.271 e. The molecular weight excluding hydrogens is 466 g/mol. The molecule has 0 N–H and O–H groups in total. The third-order valence-electron chi connectivity index (χ3n) is 6.47. The van der Waals surface area contributed by atoms with Crippen LogP contribution in [0.2, 0.25) is 0 Å². The molecule has 1 atom stereocenters. The zero-order valence-corrected chi connectivity index (χ0v) is 21.2. The van der Waals surface area contributed by atoms with E-state index in [0.717, 1.165) is 46.3 Å². The molecule has 1 aliphatic rings. The third-order valence-corrected chi connectivity index (χ3v) is 7.16. The van der Waals surface area contributed by atoms with Crippen LogP contribution < -0.4 is 0 Å². The number of hydrogen-bond acceptors (Lipinski definition) is 4. The number of pyridine rings is 2. The molecule has 7 heteroatoms. The van der Waals surface area contributed by atoms with Gasteiger partial charge in [0.25, 0.3) is 5.91 Å². The molecule has 1 unspecified atom stereocenters. The summed E-state index contributed by atoms with van der Waals surface area (Å²) < 4.78 is 3.27. The summed E-state index contributed by atoms with van der Waals surface area (Å²) >= 11 is 3.65. The lowest BCUT2D eigenvalue weighted by Crippen LogP contribution is -2.32. The van der Waals surface area contributed by atoms with E-state index in [4.69, 9.17) is 0 Å². The fraction of sp³-hybridized carbons (Fsp3) is 0.400. The van der Waals surface area contributed by atoms with Crippen molar-refractivity contribution in [3.8, 4) is 0 Å². The highest BCUT2D eigenvalue weighted by Gasteiger charge is 2.24. The van der Waals surface area contributed by atoms with Crippen LogP contribution in [0.5, 0.6) is 0 Å². The first kappa shape index (κ1) is 22.7. The molecule has 0 fully saturated rings. The summed E-state index contributed by atoms with van der Waals surface area (Å²) in [7, 11) is 5.60. The third kappa shape index (κ3) is 3.99. The predicted molar refractivity (Wildman–Crippen MR) is 133 cm³/mol. The van der Waals surface area contributed by atoms with Crippen molar-refractivity contribution in [1.29, 1.82) is 0 Å². The monoisotopic (exact) mass is 495 g/mol. The number of nitrogens with zero attached hydrogens (tertiary/aromatic N) is 5. The van der Waals surface area contributed by atoms with Crippen molar-refractivity contribution in [3.05, 3.63) is 63.2 Å². The Bertz CT molecular complexity index is 1200. The molecular formula is C25H30BrN5O. The molecule has 6 nitrogen and oxygen atoms in total. The van der Waals surface area contributed by atoms with E-state index in [-0.39, 0.29) is 11.9 Å². The number of fused-ring (bicyclic) bond motifs is 1. The van der Waals surface area contributed by atoms with Crippen LogP contribution in [-0.2, 0) is 7.05 Å². The first-order valence-electron chi connectivity index (χ1n) is 10.9. The van der Waals surface area contributed by atoms with E-state index in [1.165, 1.54) is 16.8 Å².